The van der Waals surface area contributed by atoms with Gasteiger partial charge in [-0.1, -0.05) is 103 Å². The number of rotatable bonds is 10. The molecule has 0 bridgehead atoms. The van der Waals surface area contributed by atoms with Crippen LogP contribution in [0.25, 0.3) is 10.8 Å². The first-order chi connectivity index (χ1) is 24.9. The summed E-state index contributed by atoms with van der Waals surface area (Å²) in [6, 6.07) is 34.5. The van der Waals surface area contributed by atoms with Gasteiger partial charge in [-0.05, 0) is 65.6 Å². The number of amides is 2. The number of esters is 1. The molecule has 3 aliphatic heterocycles. The number of piperidine rings is 2. The molecular weight excluding hydrogens is 640 g/mol. The van der Waals surface area contributed by atoms with E-state index in [0.29, 0.717) is 31.3 Å². The minimum atomic E-state index is -1.28. The lowest BCUT2D eigenvalue weighted by Gasteiger charge is -2.51. The Bertz CT molecular complexity index is 1880. The van der Waals surface area contributed by atoms with E-state index in [1.54, 1.807) is 4.90 Å². The van der Waals surface area contributed by atoms with Crippen LogP contribution < -0.4 is 0 Å². The smallest absolute Gasteiger partial charge is 0.320 e. The van der Waals surface area contributed by atoms with Crippen LogP contribution in [-0.2, 0) is 41.7 Å². The van der Waals surface area contributed by atoms with Crippen LogP contribution in [0.15, 0.2) is 115 Å². The van der Waals surface area contributed by atoms with Gasteiger partial charge in [0, 0.05) is 31.1 Å². The Kier molecular flexibility index (Phi) is 10.3. The highest BCUT2D eigenvalue weighted by molar-refractivity contribution is 5.93. The number of benzene rings is 4. The van der Waals surface area contributed by atoms with Gasteiger partial charge in [-0.2, -0.15) is 0 Å². The molecule has 7 rings (SSSR count). The Morgan fingerprint density at radius 3 is 2.31 bits per heavy atom. The summed E-state index contributed by atoms with van der Waals surface area (Å²) in [6.45, 7) is 4.03. The third-order valence-corrected chi connectivity index (χ3v) is 11.0. The maximum absolute atomic E-state index is 14.7. The van der Waals surface area contributed by atoms with E-state index in [2.05, 4.69) is 24.3 Å². The topological polar surface area (TPSA) is 85.4 Å². The number of ether oxygens (including phenoxy) is 3. The van der Waals surface area contributed by atoms with Crippen molar-refractivity contribution in [2.24, 2.45) is 11.3 Å². The summed E-state index contributed by atoms with van der Waals surface area (Å²) >= 11 is 0. The Labute approximate surface area is 300 Å². The van der Waals surface area contributed by atoms with Crippen LogP contribution >= 0.6 is 0 Å². The van der Waals surface area contributed by atoms with Gasteiger partial charge in [-0.3, -0.25) is 14.4 Å². The third kappa shape index (κ3) is 7.08. The molecule has 0 saturated carbocycles. The van der Waals surface area contributed by atoms with Crippen molar-refractivity contribution in [3.05, 3.63) is 132 Å². The van der Waals surface area contributed by atoms with Crippen LogP contribution in [0.2, 0.25) is 0 Å². The van der Waals surface area contributed by atoms with Gasteiger partial charge in [0.2, 0.25) is 11.8 Å². The number of nitrogens with zero attached hydrogens (tertiary/aromatic N) is 2. The number of hydrogen-bond donors (Lipinski definition) is 0. The van der Waals surface area contributed by atoms with Crippen molar-refractivity contribution < 1.29 is 28.6 Å². The van der Waals surface area contributed by atoms with Crippen molar-refractivity contribution in [3.8, 4) is 0 Å². The average Bonchev–Trinajstić information content (AvgIpc) is 3.17. The highest BCUT2D eigenvalue weighted by Crippen LogP contribution is 2.51. The number of fused-ring (bicyclic) bond motifs is 2. The molecule has 2 fully saturated rings. The molecule has 2 saturated heterocycles. The quantitative estimate of drug-likeness (QED) is 0.167. The molecule has 0 unspecified atom stereocenters. The van der Waals surface area contributed by atoms with E-state index >= 15 is 0 Å². The fourth-order valence-electron chi connectivity index (χ4n) is 8.31. The summed E-state index contributed by atoms with van der Waals surface area (Å²) in [6.07, 6.45) is 2.63. The molecule has 0 N–H and O–H groups in total. The van der Waals surface area contributed by atoms with Crippen LogP contribution in [0, 0.1) is 11.3 Å². The average molecular weight is 687 g/mol. The zero-order valence-corrected chi connectivity index (χ0v) is 29.4. The molecular formula is C43H46N2O6. The molecule has 4 aromatic rings. The Hall–Kier alpha value is -4.79. The predicted octanol–water partition coefficient (Wildman–Crippen LogP) is 7.03. The van der Waals surface area contributed by atoms with Crippen LogP contribution in [0.5, 0.6) is 0 Å². The first kappa shape index (κ1) is 34.6. The lowest BCUT2D eigenvalue weighted by molar-refractivity contribution is -0.178. The first-order valence-electron chi connectivity index (χ1n) is 18.1. The lowest BCUT2D eigenvalue weighted by atomic mass is 9.66. The third-order valence-electron chi connectivity index (χ3n) is 11.0. The molecule has 0 aliphatic carbocycles. The van der Waals surface area contributed by atoms with Gasteiger partial charge in [0.15, 0.2) is 0 Å². The molecule has 0 radical (unpaired) electrons. The molecule has 4 aromatic carbocycles. The van der Waals surface area contributed by atoms with E-state index < -0.39 is 29.5 Å². The molecule has 3 aliphatic rings. The molecule has 0 aromatic heterocycles. The summed E-state index contributed by atoms with van der Waals surface area (Å²) in [5.74, 6) is -1.02. The molecule has 0 spiro atoms. The molecule has 3 heterocycles. The van der Waals surface area contributed by atoms with E-state index in [-0.39, 0.29) is 37.8 Å². The summed E-state index contributed by atoms with van der Waals surface area (Å²) in [5.41, 5.74) is 2.57. The molecule has 264 valence electrons. The maximum Gasteiger partial charge on any atom is 0.320 e. The van der Waals surface area contributed by atoms with Gasteiger partial charge in [-0.25, -0.2) is 0 Å². The van der Waals surface area contributed by atoms with Crippen molar-refractivity contribution in [2.45, 2.75) is 63.9 Å². The monoisotopic (exact) mass is 686 g/mol. The van der Waals surface area contributed by atoms with Crippen molar-refractivity contribution in [2.75, 3.05) is 26.8 Å². The fourth-order valence-corrected chi connectivity index (χ4v) is 8.31. The summed E-state index contributed by atoms with van der Waals surface area (Å²) < 4.78 is 18.1. The predicted molar refractivity (Wildman–Crippen MR) is 195 cm³/mol. The normalized spacial score (nSPS) is 23.8. The van der Waals surface area contributed by atoms with E-state index in [4.69, 9.17) is 14.2 Å². The second kappa shape index (κ2) is 15.2. The fraction of sp³-hybridized carbons (Fsp3) is 0.372. The van der Waals surface area contributed by atoms with Crippen molar-refractivity contribution in [3.63, 3.8) is 0 Å². The number of likely N-dealkylation sites (tertiary alicyclic amines) is 2. The van der Waals surface area contributed by atoms with Gasteiger partial charge in [-0.15, -0.1) is 0 Å². The van der Waals surface area contributed by atoms with Crippen LogP contribution in [0.1, 0.15) is 55.2 Å². The van der Waals surface area contributed by atoms with Crippen LogP contribution in [0.4, 0.5) is 0 Å². The molecule has 51 heavy (non-hydrogen) atoms. The Morgan fingerprint density at radius 2 is 1.57 bits per heavy atom. The van der Waals surface area contributed by atoms with E-state index in [1.165, 1.54) is 12.7 Å². The SMILES string of the molecule is COC(=O)[C@]12C[C@H](CC(=O)N3CCC(c4ccccc4)CC3)C(=O)N(Cc3cccc4ccccc34)C1=C[C@H](COCc1ccccc1)O[C@@H]2C. The van der Waals surface area contributed by atoms with Crippen molar-refractivity contribution in [1.82, 2.24) is 9.80 Å². The van der Waals surface area contributed by atoms with E-state index in [9.17, 15) is 14.4 Å². The number of hydrogen-bond acceptors (Lipinski definition) is 6. The standard InChI is InChI=1S/C43H46N2O6/c1-30-43(42(48)49-2)26-36(24-40(46)44-22-20-33(21-23-44)32-14-7-4-8-15-32)41(47)45(27-35-18-11-17-34-16-9-10-19-38(34)35)39(43)25-37(51-30)29-50-28-31-12-5-3-6-13-31/h3-19,25,30,33,36-37H,20-24,26-29H2,1-2H3/t30-,36+,37-,43+/m1/s1. The van der Waals surface area contributed by atoms with E-state index in [1.807, 2.05) is 96.8 Å². The van der Waals surface area contributed by atoms with Crippen molar-refractivity contribution >= 4 is 28.6 Å². The molecule has 8 nitrogen and oxygen atoms in total. The van der Waals surface area contributed by atoms with Gasteiger partial charge in [0.1, 0.15) is 11.5 Å². The molecule has 2 amide bonds. The highest BCUT2D eigenvalue weighted by atomic mass is 16.5. The molecule has 8 heteroatoms. The minimum Gasteiger partial charge on any atom is -0.468 e. The van der Waals surface area contributed by atoms with Crippen LogP contribution in [0.3, 0.4) is 0 Å². The minimum absolute atomic E-state index is 0.0171. The maximum atomic E-state index is 14.7. The van der Waals surface area contributed by atoms with Gasteiger partial charge < -0.3 is 24.0 Å². The van der Waals surface area contributed by atoms with Gasteiger partial charge in [0.25, 0.3) is 0 Å². The first-order valence-corrected chi connectivity index (χ1v) is 18.1. The largest absolute Gasteiger partial charge is 0.468 e. The number of carbonyl (C=O) groups is 3. The highest BCUT2D eigenvalue weighted by Gasteiger charge is 2.59. The second-order valence-corrected chi connectivity index (χ2v) is 14.1. The zero-order valence-electron chi connectivity index (χ0n) is 29.4. The Morgan fingerprint density at radius 1 is 0.882 bits per heavy atom. The summed E-state index contributed by atoms with van der Waals surface area (Å²) in [4.78, 5) is 46.3. The Balaban J connectivity index is 1.18. The zero-order chi connectivity index (χ0) is 35.4. The summed E-state index contributed by atoms with van der Waals surface area (Å²) in [5, 5.41) is 2.09. The summed E-state index contributed by atoms with van der Waals surface area (Å²) in [7, 11) is 1.37. The van der Waals surface area contributed by atoms with Crippen LogP contribution in [-0.4, -0.2) is 66.6 Å². The number of carbonyl (C=O) groups excluding carboxylic acids is 3. The lowest BCUT2D eigenvalue weighted by Crippen LogP contribution is -2.60. The number of methoxy groups -OCH3 is 1. The second-order valence-electron chi connectivity index (χ2n) is 14.1. The van der Waals surface area contributed by atoms with Crippen molar-refractivity contribution in [1.29, 1.82) is 0 Å². The molecule has 4 atom stereocenters. The van der Waals surface area contributed by atoms with Gasteiger partial charge >= 0.3 is 5.97 Å². The van der Waals surface area contributed by atoms with E-state index in [0.717, 1.165) is 34.7 Å². The van der Waals surface area contributed by atoms with Gasteiger partial charge in [0.05, 0.1) is 33.0 Å².